The highest BCUT2D eigenvalue weighted by Crippen LogP contribution is 2.46. The molecule has 1 aliphatic rings. The van der Waals surface area contributed by atoms with Crippen molar-refractivity contribution in [3.63, 3.8) is 0 Å². The molecule has 0 saturated carbocycles. The molecular formula is C20H10F2N2. The highest BCUT2D eigenvalue weighted by molar-refractivity contribution is 6.12. The second-order valence-corrected chi connectivity index (χ2v) is 5.41. The van der Waals surface area contributed by atoms with Crippen LogP contribution >= 0.6 is 0 Å². The number of rotatable bonds is 1. The molecule has 2 nitrogen and oxygen atoms in total. The maximum absolute atomic E-state index is 14.3. The van der Waals surface area contributed by atoms with Crippen LogP contribution in [0.5, 0.6) is 0 Å². The van der Waals surface area contributed by atoms with Crippen molar-refractivity contribution in [2.75, 3.05) is 0 Å². The molecule has 1 aromatic heterocycles. The van der Waals surface area contributed by atoms with E-state index in [-0.39, 0.29) is 11.1 Å². The second kappa shape index (κ2) is 5.39. The van der Waals surface area contributed by atoms with Crippen LogP contribution in [0.3, 0.4) is 0 Å². The van der Waals surface area contributed by atoms with E-state index in [0.717, 1.165) is 28.5 Å². The molecule has 1 heterocycles. The third-order valence-corrected chi connectivity index (χ3v) is 4.11. The third-order valence-electron chi connectivity index (χ3n) is 4.11. The molecule has 0 saturated heterocycles. The highest BCUT2D eigenvalue weighted by Gasteiger charge is 2.28. The number of nitrogens with zero attached hydrogens (tertiary/aromatic N) is 2. The minimum Gasteiger partial charge on any atom is -0.256 e. The molecule has 0 N–H and O–H groups in total. The Bertz CT molecular complexity index is 998. The Morgan fingerprint density at radius 2 is 1.62 bits per heavy atom. The topological polar surface area (TPSA) is 36.7 Å². The van der Waals surface area contributed by atoms with Gasteiger partial charge < -0.3 is 0 Å². The van der Waals surface area contributed by atoms with Crippen LogP contribution < -0.4 is 0 Å². The van der Waals surface area contributed by atoms with Gasteiger partial charge in [-0.2, -0.15) is 5.26 Å². The number of nitriles is 1. The number of benzene rings is 2. The molecule has 0 bridgehead atoms. The lowest BCUT2D eigenvalue weighted by atomic mass is 9.94. The first kappa shape index (κ1) is 14.3. The molecule has 0 atom stereocenters. The molecule has 1 aliphatic carbocycles. The third kappa shape index (κ3) is 1.95. The Hall–Kier alpha value is -3.32. The van der Waals surface area contributed by atoms with Gasteiger partial charge in [0.1, 0.15) is 6.07 Å². The normalized spacial score (nSPS) is 13.9. The van der Waals surface area contributed by atoms with E-state index >= 15 is 0 Å². The molecular weight excluding hydrogens is 306 g/mol. The Balaban J connectivity index is 2.12. The first-order valence-electron chi connectivity index (χ1n) is 7.36. The van der Waals surface area contributed by atoms with Gasteiger partial charge in [-0.15, -0.1) is 0 Å². The summed E-state index contributed by atoms with van der Waals surface area (Å²) in [4.78, 5) is 4.39. The SMILES string of the molecule is N#C/C(=C1\c2ccccc2-c2ncccc21)c1cccc(F)c1F. The quantitative estimate of drug-likeness (QED) is 0.472. The average Bonchev–Trinajstić information content (AvgIpc) is 2.94. The summed E-state index contributed by atoms with van der Waals surface area (Å²) in [5.41, 5.74) is 3.82. The van der Waals surface area contributed by atoms with Crippen LogP contribution in [0.4, 0.5) is 8.78 Å². The van der Waals surface area contributed by atoms with Crippen molar-refractivity contribution in [3.05, 3.63) is 89.1 Å². The molecule has 24 heavy (non-hydrogen) atoms. The van der Waals surface area contributed by atoms with Gasteiger partial charge in [0.2, 0.25) is 0 Å². The van der Waals surface area contributed by atoms with Crippen molar-refractivity contribution < 1.29 is 8.78 Å². The predicted molar refractivity (Wildman–Crippen MR) is 87.6 cm³/mol. The summed E-state index contributed by atoms with van der Waals surface area (Å²) < 4.78 is 27.9. The molecule has 3 aromatic rings. The van der Waals surface area contributed by atoms with Gasteiger partial charge in [-0.3, -0.25) is 4.98 Å². The van der Waals surface area contributed by atoms with Crippen molar-refractivity contribution in [1.29, 1.82) is 5.26 Å². The number of allylic oxidation sites excluding steroid dienone is 1. The average molecular weight is 316 g/mol. The number of fused-ring (bicyclic) bond motifs is 3. The molecule has 4 heteroatoms. The van der Waals surface area contributed by atoms with Crippen LogP contribution in [-0.2, 0) is 0 Å². The van der Waals surface area contributed by atoms with E-state index in [2.05, 4.69) is 11.1 Å². The Morgan fingerprint density at radius 3 is 2.42 bits per heavy atom. The molecule has 0 amide bonds. The van der Waals surface area contributed by atoms with Crippen LogP contribution in [0.15, 0.2) is 60.8 Å². The van der Waals surface area contributed by atoms with E-state index in [1.165, 1.54) is 12.1 Å². The lowest BCUT2D eigenvalue weighted by Crippen LogP contribution is -1.96. The predicted octanol–water partition coefficient (Wildman–Crippen LogP) is 4.82. The lowest BCUT2D eigenvalue weighted by Gasteiger charge is -2.08. The van der Waals surface area contributed by atoms with E-state index in [1.807, 2.05) is 30.3 Å². The van der Waals surface area contributed by atoms with Crippen LogP contribution in [0.1, 0.15) is 16.7 Å². The van der Waals surface area contributed by atoms with Gasteiger partial charge in [0.25, 0.3) is 0 Å². The second-order valence-electron chi connectivity index (χ2n) is 5.41. The Morgan fingerprint density at radius 1 is 0.875 bits per heavy atom. The minimum absolute atomic E-state index is 0.0426. The molecule has 0 radical (unpaired) electrons. The maximum Gasteiger partial charge on any atom is 0.167 e. The van der Waals surface area contributed by atoms with Crippen molar-refractivity contribution >= 4 is 11.1 Å². The monoisotopic (exact) mass is 316 g/mol. The maximum atomic E-state index is 14.3. The van der Waals surface area contributed by atoms with Crippen LogP contribution in [0.25, 0.3) is 22.4 Å². The molecule has 0 aliphatic heterocycles. The largest absolute Gasteiger partial charge is 0.256 e. The zero-order chi connectivity index (χ0) is 16.7. The van der Waals surface area contributed by atoms with E-state index in [9.17, 15) is 14.0 Å². The van der Waals surface area contributed by atoms with Gasteiger partial charge in [-0.25, -0.2) is 8.78 Å². The van der Waals surface area contributed by atoms with Crippen molar-refractivity contribution in [2.45, 2.75) is 0 Å². The Kier molecular flexibility index (Phi) is 3.21. The number of hydrogen-bond acceptors (Lipinski definition) is 2. The van der Waals surface area contributed by atoms with Gasteiger partial charge in [-0.05, 0) is 17.7 Å². The van der Waals surface area contributed by atoms with E-state index in [4.69, 9.17) is 0 Å². The lowest BCUT2D eigenvalue weighted by molar-refractivity contribution is 0.506. The summed E-state index contributed by atoms with van der Waals surface area (Å²) in [5, 5.41) is 9.69. The van der Waals surface area contributed by atoms with E-state index in [0.29, 0.717) is 5.57 Å². The summed E-state index contributed by atoms with van der Waals surface area (Å²) in [7, 11) is 0. The van der Waals surface area contributed by atoms with E-state index in [1.54, 1.807) is 12.3 Å². The first-order chi connectivity index (χ1) is 11.7. The number of aromatic nitrogens is 1. The fraction of sp³-hybridized carbons (Fsp3) is 0. The fourth-order valence-electron chi connectivity index (χ4n) is 3.09. The number of halogens is 2. The molecule has 0 unspecified atom stereocenters. The highest BCUT2D eigenvalue weighted by atomic mass is 19.2. The van der Waals surface area contributed by atoms with Gasteiger partial charge in [0.05, 0.1) is 11.3 Å². The molecule has 0 fully saturated rings. The standard InChI is InChI=1S/C20H10F2N2/c21-17-9-3-7-13(19(17)22)16(11-23)18-12-5-1-2-6-14(12)20-15(18)8-4-10-24-20/h1-10H/b18-16-. The van der Waals surface area contributed by atoms with Crippen molar-refractivity contribution in [1.82, 2.24) is 4.98 Å². The van der Waals surface area contributed by atoms with Crippen LogP contribution in [-0.4, -0.2) is 4.98 Å². The van der Waals surface area contributed by atoms with Gasteiger partial charge in [0, 0.05) is 28.5 Å². The smallest absolute Gasteiger partial charge is 0.167 e. The van der Waals surface area contributed by atoms with Gasteiger partial charge in [0.15, 0.2) is 11.6 Å². The summed E-state index contributed by atoms with van der Waals surface area (Å²) in [5.74, 6) is -1.99. The van der Waals surface area contributed by atoms with Crippen molar-refractivity contribution in [3.8, 4) is 17.3 Å². The first-order valence-corrected chi connectivity index (χ1v) is 7.36. The zero-order valence-corrected chi connectivity index (χ0v) is 12.4. The molecule has 2 aromatic carbocycles. The zero-order valence-electron chi connectivity index (χ0n) is 12.4. The van der Waals surface area contributed by atoms with E-state index < -0.39 is 11.6 Å². The fourth-order valence-corrected chi connectivity index (χ4v) is 3.09. The molecule has 114 valence electrons. The molecule has 4 rings (SSSR count). The molecule has 0 spiro atoms. The minimum atomic E-state index is -1.02. The van der Waals surface area contributed by atoms with Crippen molar-refractivity contribution in [2.24, 2.45) is 0 Å². The van der Waals surface area contributed by atoms with Gasteiger partial charge >= 0.3 is 0 Å². The summed E-state index contributed by atoms with van der Waals surface area (Å²) in [6.07, 6.45) is 1.67. The van der Waals surface area contributed by atoms with Crippen LogP contribution in [0, 0.1) is 23.0 Å². The number of hydrogen-bond donors (Lipinski definition) is 0. The Labute approximate surface area is 137 Å². The van der Waals surface area contributed by atoms with Crippen LogP contribution in [0.2, 0.25) is 0 Å². The summed E-state index contributed by atoms with van der Waals surface area (Å²) >= 11 is 0. The van der Waals surface area contributed by atoms with Gasteiger partial charge in [-0.1, -0.05) is 42.5 Å². The summed E-state index contributed by atoms with van der Waals surface area (Å²) in [6, 6.07) is 17.0. The number of pyridine rings is 1. The summed E-state index contributed by atoms with van der Waals surface area (Å²) in [6.45, 7) is 0.